The Hall–Kier alpha value is -2.69. The Morgan fingerprint density at radius 1 is 1.09 bits per heavy atom. The molecule has 0 bridgehead atoms. The number of benzene rings is 1. The first-order valence-corrected chi connectivity index (χ1v) is 10.3. The number of aliphatic carboxylic acids is 1. The first-order chi connectivity index (χ1) is 15.0. The highest BCUT2D eigenvalue weighted by atomic mass is 16.8. The van der Waals surface area contributed by atoms with Crippen LogP contribution in [0.4, 0.5) is 0 Å². The van der Waals surface area contributed by atoms with Crippen LogP contribution in [0.1, 0.15) is 33.3 Å². The Morgan fingerprint density at radius 2 is 1.72 bits per heavy atom. The van der Waals surface area contributed by atoms with Gasteiger partial charge in [-0.1, -0.05) is 35.4 Å². The number of rotatable bonds is 8. The first kappa shape index (κ1) is 24.0. The highest BCUT2D eigenvalue weighted by Crippen LogP contribution is 2.38. The molecule has 1 amide bonds. The van der Waals surface area contributed by atoms with Gasteiger partial charge in [0.25, 0.3) is 5.91 Å². The molecular formula is C21H28N4O7. The van der Waals surface area contributed by atoms with E-state index in [9.17, 15) is 14.7 Å². The van der Waals surface area contributed by atoms with Gasteiger partial charge in [-0.15, -0.1) is 0 Å². The van der Waals surface area contributed by atoms with Crippen molar-refractivity contribution in [3.05, 3.63) is 46.3 Å². The molecule has 2 aliphatic rings. The average Bonchev–Trinajstić information content (AvgIpc) is 3.21. The maximum atomic E-state index is 13.1. The minimum Gasteiger partial charge on any atom is -0.480 e. The molecule has 3 rings (SSSR count). The predicted octanol–water partition coefficient (Wildman–Crippen LogP) is 2.15. The number of hydrogen-bond donors (Lipinski definition) is 2. The van der Waals surface area contributed by atoms with E-state index in [-0.39, 0.29) is 13.0 Å². The molecule has 5 atom stereocenters. The van der Waals surface area contributed by atoms with Crippen LogP contribution in [0, 0.1) is 0 Å². The van der Waals surface area contributed by atoms with Crippen molar-refractivity contribution in [1.82, 2.24) is 5.32 Å². The summed E-state index contributed by atoms with van der Waals surface area (Å²) in [5, 5.41) is 15.8. The molecule has 0 aliphatic carbocycles. The molecule has 11 heteroatoms. The number of azide groups is 1. The number of carbonyl (C=O) groups excluding carboxylic acids is 1. The third kappa shape index (κ3) is 5.76. The standard InChI is InChI=1S/C21H28N4O7/c1-20(2)29-14(11-23-25-22)15(30-20)16-17(32-21(3,4)31-16)18(26)24-13(19(27)28)10-12-8-6-5-7-9-12/h5-9,13-17H,10-11H2,1-4H3,(H,24,26)(H,27,28)/t13-,14+,15-,16-,17+/m0/s1. The monoisotopic (exact) mass is 448 g/mol. The van der Waals surface area contributed by atoms with Crippen LogP contribution in [0.5, 0.6) is 0 Å². The van der Waals surface area contributed by atoms with Crippen molar-refractivity contribution >= 4 is 11.9 Å². The molecule has 174 valence electrons. The van der Waals surface area contributed by atoms with Gasteiger partial charge in [-0.05, 0) is 38.8 Å². The third-order valence-corrected chi connectivity index (χ3v) is 5.15. The van der Waals surface area contributed by atoms with E-state index in [4.69, 9.17) is 24.5 Å². The largest absolute Gasteiger partial charge is 0.480 e. The smallest absolute Gasteiger partial charge is 0.326 e. The second-order valence-electron chi connectivity index (χ2n) is 8.66. The highest BCUT2D eigenvalue weighted by molar-refractivity contribution is 5.87. The fraction of sp³-hybridized carbons (Fsp3) is 0.619. The first-order valence-electron chi connectivity index (χ1n) is 10.3. The summed E-state index contributed by atoms with van der Waals surface area (Å²) in [4.78, 5) is 27.7. The number of nitrogens with one attached hydrogen (secondary N) is 1. The summed E-state index contributed by atoms with van der Waals surface area (Å²) in [7, 11) is 0. The van der Waals surface area contributed by atoms with Crippen LogP contribution >= 0.6 is 0 Å². The molecule has 0 unspecified atom stereocenters. The quantitative estimate of drug-likeness (QED) is 0.351. The number of ether oxygens (including phenoxy) is 4. The molecule has 2 N–H and O–H groups in total. The molecule has 1 aromatic rings. The zero-order chi connectivity index (χ0) is 23.5. The summed E-state index contributed by atoms with van der Waals surface area (Å²) in [5.74, 6) is -3.92. The maximum Gasteiger partial charge on any atom is 0.326 e. The number of carboxylic acid groups (broad SMARTS) is 1. The van der Waals surface area contributed by atoms with Crippen LogP contribution in [0.25, 0.3) is 10.4 Å². The van der Waals surface area contributed by atoms with E-state index in [0.29, 0.717) is 0 Å². The molecule has 1 aromatic carbocycles. The number of amides is 1. The topological polar surface area (TPSA) is 152 Å². The Labute approximate surface area is 185 Å². The van der Waals surface area contributed by atoms with Crippen molar-refractivity contribution in [1.29, 1.82) is 0 Å². The van der Waals surface area contributed by atoms with Crippen molar-refractivity contribution < 1.29 is 33.6 Å². The second-order valence-corrected chi connectivity index (χ2v) is 8.66. The van der Waals surface area contributed by atoms with E-state index >= 15 is 0 Å². The number of nitrogens with zero attached hydrogens (tertiary/aromatic N) is 3. The van der Waals surface area contributed by atoms with Gasteiger partial charge in [0.1, 0.15) is 18.2 Å². The van der Waals surface area contributed by atoms with Crippen LogP contribution in [-0.4, -0.2) is 65.6 Å². The van der Waals surface area contributed by atoms with Gasteiger partial charge in [0.05, 0.1) is 12.6 Å². The van der Waals surface area contributed by atoms with Crippen molar-refractivity contribution in [3.63, 3.8) is 0 Å². The lowest BCUT2D eigenvalue weighted by atomic mass is 10.0. The van der Waals surface area contributed by atoms with Crippen LogP contribution in [0.2, 0.25) is 0 Å². The third-order valence-electron chi connectivity index (χ3n) is 5.15. The molecule has 0 spiro atoms. The van der Waals surface area contributed by atoms with E-state index in [2.05, 4.69) is 15.3 Å². The number of carbonyl (C=O) groups is 2. The fourth-order valence-corrected chi connectivity index (χ4v) is 3.94. The second kappa shape index (κ2) is 9.43. The summed E-state index contributed by atoms with van der Waals surface area (Å²) >= 11 is 0. The maximum absolute atomic E-state index is 13.1. The summed E-state index contributed by atoms with van der Waals surface area (Å²) in [5.41, 5.74) is 9.46. The van der Waals surface area contributed by atoms with Crippen LogP contribution < -0.4 is 5.32 Å². The van der Waals surface area contributed by atoms with E-state index in [1.807, 2.05) is 6.07 Å². The molecule has 32 heavy (non-hydrogen) atoms. The van der Waals surface area contributed by atoms with Crippen molar-refractivity contribution in [2.45, 2.75) is 76.1 Å². The average molecular weight is 448 g/mol. The Morgan fingerprint density at radius 3 is 2.34 bits per heavy atom. The Bertz CT molecular complexity index is 885. The molecule has 2 fully saturated rings. The summed E-state index contributed by atoms with van der Waals surface area (Å²) < 4.78 is 23.6. The highest BCUT2D eigenvalue weighted by Gasteiger charge is 2.55. The predicted molar refractivity (Wildman–Crippen MR) is 111 cm³/mol. The zero-order valence-electron chi connectivity index (χ0n) is 18.4. The van der Waals surface area contributed by atoms with Gasteiger partial charge >= 0.3 is 5.97 Å². The van der Waals surface area contributed by atoms with E-state index < -0.39 is 53.9 Å². The molecular weight excluding hydrogens is 420 g/mol. The van der Waals surface area contributed by atoms with Crippen LogP contribution in [-0.2, 0) is 35.0 Å². The molecule has 0 radical (unpaired) electrons. The summed E-state index contributed by atoms with van der Waals surface area (Å²) in [6, 6.07) is 7.84. The number of carboxylic acids is 1. The number of hydrogen-bond acceptors (Lipinski definition) is 7. The van der Waals surface area contributed by atoms with Crippen molar-refractivity contribution in [2.24, 2.45) is 5.11 Å². The van der Waals surface area contributed by atoms with Crippen molar-refractivity contribution in [2.75, 3.05) is 6.54 Å². The van der Waals surface area contributed by atoms with Crippen molar-refractivity contribution in [3.8, 4) is 0 Å². The molecule has 2 aliphatic heterocycles. The minimum atomic E-state index is -1.17. The normalized spacial score (nSPS) is 29.1. The van der Waals surface area contributed by atoms with E-state index in [1.165, 1.54) is 0 Å². The van der Waals surface area contributed by atoms with E-state index in [0.717, 1.165) is 5.56 Å². The fourth-order valence-electron chi connectivity index (χ4n) is 3.94. The van der Waals surface area contributed by atoms with Crippen LogP contribution in [0.3, 0.4) is 0 Å². The SMILES string of the molecule is CC1(C)O[C@H]([C@@H]2OC(C)(C)O[C@H]2C(=O)N[C@@H](Cc2ccccc2)C(=O)O)[C@@H](CN=[N+]=[N-])O1. The zero-order valence-corrected chi connectivity index (χ0v) is 18.4. The molecule has 2 heterocycles. The van der Waals surface area contributed by atoms with E-state index in [1.54, 1.807) is 52.0 Å². The van der Waals surface area contributed by atoms with Gasteiger partial charge in [-0.25, -0.2) is 4.79 Å². The lowest BCUT2D eigenvalue weighted by molar-refractivity contribution is -0.175. The Kier molecular flexibility index (Phi) is 7.06. The lowest BCUT2D eigenvalue weighted by Gasteiger charge is -2.26. The molecule has 2 saturated heterocycles. The van der Waals surface area contributed by atoms with Gasteiger partial charge < -0.3 is 29.4 Å². The van der Waals surface area contributed by atoms with Gasteiger partial charge in [0, 0.05) is 11.3 Å². The van der Waals surface area contributed by atoms with Gasteiger partial charge in [-0.2, -0.15) is 0 Å². The molecule has 0 aromatic heterocycles. The Balaban J connectivity index is 1.79. The lowest BCUT2D eigenvalue weighted by Crippen LogP contribution is -2.53. The summed E-state index contributed by atoms with van der Waals surface area (Å²) in [6.07, 6.45) is -3.39. The molecule has 0 saturated carbocycles. The summed E-state index contributed by atoms with van der Waals surface area (Å²) in [6.45, 7) is 6.68. The van der Waals surface area contributed by atoms with Gasteiger partial charge in [0.2, 0.25) is 0 Å². The minimum absolute atomic E-state index is 0.0228. The van der Waals surface area contributed by atoms with Gasteiger partial charge in [0.15, 0.2) is 17.7 Å². The van der Waals surface area contributed by atoms with Gasteiger partial charge in [-0.3, -0.25) is 4.79 Å². The van der Waals surface area contributed by atoms with Crippen LogP contribution in [0.15, 0.2) is 35.4 Å². The molecule has 11 nitrogen and oxygen atoms in total.